The van der Waals surface area contributed by atoms with E-state index in [0.29, 0.717) is 11.3 Å². The van der Waals surface area contributed by atoms with E-state index in [2.05, 4.69) is 0 Å². The van der Waals surface area contributed by atoms with E-state index in [4.69, 9.17) is 15.7 Å². The van der Waals surface area contributed by atoms with Gasteiger partial charge in [0.25, 0.3) is 0 Å². The molecule has 0 fully saturated rings. The zero-order valence-electron chi connectivity index (χ0n) is 10.7. The molecule has 2 N–H and O–H groups in total. The summed E-state index contributed by atoms with van der Waals surface area (Å²) in [5, 5.41) is 8.71. The average molecular weight is 288 g/mol. The lowest BCUT2D eigenvalue weighted by atomic mass is 10.2. The van der Waals surface area contributed by atoms with Crippen molar-refractivity contribution in [3.63, 3.8) is 0 Å². The van der Waals surface area contributed by atoms with Gasteiger partial charge >= 0.3 is 0 Å². The largest absolute Gasteiger partial charge is 0.455 e. The van der Waals surface area contributed by atoms with E-state index in [0.717, 1.165) is 6.26 Å². The summed E-state index contributed by atoms with van der Waals surface area (Å²) in [5.74, 6) is 0.735. The number of hydrogen-bond acceptors (Lipinski definition) is 5. The molecule has 0 aromatic heterocycles. The van der Waals surface area contributed by atoms with E-state index in [9.17, 15) is 8.42 Å². The first-order valence-electron chi connectivity index (χ1n) is 5.68. The minimum Gasteiger partial charge on any atom is -0.455 e. The first-order valence-corrected chi connectivity index (χ1v) is 7.57. The van der Waals surface area contributed by atoms with Crippen LogP contribution in [0.3, 0.4) is 0 Å². The summed E-state index contributed by atoms with van der Waals surface area (Å²) in [5.41, 5.74) is 6.40. The number of sulfone groups is 1. The first kappa shape index (κ1) is 13.9. The quantitative estimate of drug-likeness (QED) is 0.875. The van der Waals surface area contributed by atoms with Gasteiger partial charge in [0.2, 0.25) is 0 Å². The Morgan fingerprint density at radius 1 is 1.15 bits per heavy atom. The van der Waals surface area contributed by atoms with Gasteiger partial charge in [-0.15, -0.1) is 0 Å². The van der Waals surface area contributed by atoms with Gasteiger partial charge in [-0.05, 0) is 36.4 Å². The van der Waals surface area contributed by atoms with Crippen molar-refractivity contribution in [3.8, 4) is 17.6 Å². The lowest BCUT2D eigenvalue weighted by Gasteiger charge is -2.11. The Bertz CT molecular complexity index is 775. The van der Waals surface area contributed by atoms with Gasteiger partial charge in [0, 0.05) is 6.26 Å². The molecule has 0 aliphatic heterocycles. The third kappa shape index (κ3) is 2.90. The van der Waals surface area contributed by atoms with E-state index >= 15 is 0 Å². The lowest BCUT2D eigenvalue weighted by molar-refractivity contribution is 0.483. The predicted octanol–water partition coefficient (Wildman–Crippen LogP) is 2.34. The standard InChI is InChI=1S/C14H12N2O3S/c1-20(17,18)13-4-2-3-12(14(13)16)19-11-7-5-10(9-15)6-8-11/h2-8H,16H2,1H3. The van der Waals surface area contributed by atoms with Crippen LogP contribution in [-0.4, -0.2) is 14.7 Å². The number of hydrogen-bond donors (Lipinski definition) is 1. The van der Waals surface area contributed by atoms with Crippen molar-refractivity contribution < 1.29 is 13.2 Å². The molecule has 2 rings (SSSR count). The number of benzene rings is 2. The Morgan fingerprint density at radius 3 is 2.35 bits per heavy atom. The SMILES string of the molecule is CS(=O)(=O)c1cccc(Oc2ccc(C#N)cc2)c1N. The first-order chi connectivity index (χ1) is 9.41. The number of para-hydroxylation sites is 1. The number of nitrogen functional groups attached to an aromatic ring is 1. The molecule has 2 aromatic carbocycles. The van der Waals surface area contributed by atoms with Gasteiger partial charge in [0.15, 0.2) is 15.6 Å². The molecule has 6 heteroatoms. The van der Waals surface area contributed by atoms with Crippen molar-refractivity contribution in [1.29, 1.82) is 5.26 Å². The van der Waals surface area contributed by atoms with Gasteiger partial charge in [-0.3, -0.25) is 0 Å². The van der Waals surface area contributed by atoms with E-state index in [1.807, 2.05) is 6.07 Å². The summed E-state index contributed by atoms with van der Waals surface area (Å²) in [6.07, 6.45) is 1.09. The maximum Gasteiger partial charge on any atom is 0.177 e. The second kappa shape index (κ2) is 5.23. The van der Waals surface area contributed by atoms with Crippen LogP contribution >= 0.6 is 0 Å². The highest BCUT2D eigenvalue weighted by Crippen LogP contribution is 2.32. The van der Waals surface area contributed by atoms with Gasteiger partial charge in [0.1, 0.15) is 5.75 Å². The van der Waals surface area contributed by atoms with Crippen LogP contribution in [0, 0.1) is 11.3 Å². The van der Waals surface area contributed by atoms with Crippen molar-refractivity contribution in [3.05, 3.63) is 48.0 Å². The van der Waals surface area contributed by atoms with E-state index in [1.165, 1.54) is 6.07 Å². The second-order valence-corrected chi connectivity index (χ2v) is 6.16. The molecular weight excluding hydrogens is 276 g/mol. The molecule has 0 bridgehead atoms. The molecular formula is C14H12N2O3S. The molecule has 0 heterocycles. The van der Waals surface area contributed by atoms with E-state index < -0.39 is 9.84 Å². The zero-order chi connectivity index (χ0) is 14.8. The van der Waals surface area contributed by atoms with E-state index in [1.54, 1.807) is 36.4 Å². The molecule has 0 radical (unpaired) electrons. The number of ether oxygens (including phenoxy) is 1. The van der Waals surface area contributed by atoms with Crippen LogP contribution in [0.2, 0.25) is 0 Å². The van der Waals surface area contributed by atoms with Gasteiger partial charge < -0.3 is 10.5 Å². The number of nitrogens with two attached hydrogens (primary N) is 1. The normalized spacial score (nSPS) is 10.8. The maximum atomic E-state index is 11.6. The lowest BCUT2D eigenvalue weighted by Crippen LogP contribution is -2.03. The number of rotatable bonds is 3. The third-order valence-electron chi connectivity index (χ3n) is 2.64. The van der Waals surface area contributed by atoms with Gasteiger partial charge in [-0.2, -0.15) is 5.26 Å². The predicted molar refractivity (Wildman–Crippen MR) is 75.2 cm³/mol. The van der Waals surface area contributed by atoms with Gasteiger partial charge in [0.05, 0.1) is 22.2 Å². The van der Waals surface area contributed by atoms with Crippen LogP contribution < -0.4 is 10.5 Å². The summed E-state index contributed by atoms with van der Waals surface area (Å²) in [7, 11) is -3.41. The molecule has 20 heavy (non-hydrogen) atoms. The molecule has 0 amide bonds. The van der Waals surface area contributed by atoms with Crippen LogP contribution in [0.5, 0.6) is 11.5 Å². The Kier molecular flexibility index (Phi) is 3.63. The highest BCUT2D eigenvalue weighted by Gasteiger charge is 2.15. The number of nitriles is 1. The maximum absolute atomic E-state index is 11.6. The molecule has 0 saturated carbocycles. The fourth-order valence-corrected chi connectivity index (χ4v) is 2.49. The summed E-state index contributed by atoms with van der Waals surface area (Å²) >= 11 is 0. The van der Waals surface area contributed by atoms with Crippen LogP contribution in [0.15, 0.2) is 47.4 Å². The van der Waals surface area contributed by atoms with Crippen molar-refractivity contribution in [1.82, 2.24) is 0 Å². The second-order valence-electron chi connectivity index (χ2n) is 4.18. The number of anilines is 1. The Morgan fingerprint density at radius 2 is 1.80 bits per heavy atom. The zero-order valence-corrected chi connectivity index (χ0v) is 11.5. The topological polar surface area (TPSA) is 93.2 Å². The Hall–Kier alpha value is -2.52. The summed E-state index contributed by atoms with van der Waals surface area (Å²) in [4.78, 5) is 0.0312. The van der Waals surface area contributed by atoms with Crippen LogP contribution in [0.25, 0.3) is 0 Å². The minimum atomic E-state index is -3.41. The highest BCUT2D eigenvalue weighted by atomic mass is 32.2. The molecule has 2 aromatic rings. The van der Waals surface area contributed by atoms with Crippen LogP contribution in [-0.2, 0) is 9.84 Å². The molecule has 5 nitrogen and oxygen atoms in total. The van der Waals surface area contributed by atoms with Crippen molar-refractivity contribution >= 4 is 15.5 Å². The number of nitrogens with zero attached hydrogens (tertiary/aromatic N) is 1. The summed E-state index contributed by atoms with van der Waals surface area (Å²) in [6, 6.07) is 13.0. The summed E-state index contributed by atoms with van der Waals surface area (Å²) in [6.45, 7) is 0. The van der Waals surface area contributed by atoms with Crippen molar-refractivity contribution in [2.45, 2.75) is 4.90 Å². The Labute approximate surface area is 117 Å². The molecule has 0 atom stereocenters. The Balaban J connectivity index is 2.37. The van der Waals surface area contributed by atoms with Gasteiger partial charge in [-0.25, -0.2) is 8.42 Å². The van der Waals surface area contributed by atoms with E-state index in [-0.39, 0.29) is 16.3 Å². The fraction of sp³-hybridized carbons (Fsp3) is 0.0714. The summed E-state index contributed by atoms with van der Waals surface area (Å²) < 4.78 is 28.7. The van der Waals surface area contributed by atoms with Crippen molar-refractivity contribution in [2.75, 3.05) is 12.0 Å². The van der Waals surface area contributed by atoms with Crippen molar-refractivity contribution in [2.24, 2.45) is 0 Å². The third-order valence-corrected chi connectivity index (χ3v) is 3.79. The molecule has 0 spiro atoms. The minimum absolute atomic E-state index is 0.0312. The smallest absolute Gasteiger partial charge is 0.177 e. The molecule has 0 saturated heterocycles. The van der Waals surface area contributed by atoms with Gasteiger partial charge in [-0.1, -0.05) is 6.07 Å². The molecule has 0 aliphatic carbocycles. The average Bonchev–Trinajstić information content (AvgIpc) is 2.40. The monoisotopic (exact) mass is 288 g/mol. The molecule has 0 unspecified atom stereocenters. The molecule has 102 valence electrons. The van der Waals surface area contributed by atoms with Crippen LogP contribution in [0.1, 0.15) is 5.56 Å². The highest BCUT2D eigenvalue weighted by molar-refractivity contribution is 7.90. The fourth-order valence-electron chi connectivity index (χ4n) is 1.66. The molecule has 0 aliphatic rings. The van der Waals surface area contributed by atoms with Crippen LogP contribution in [0.4, 0.5) is 5.69 Å².